The van der Waals surface area contributed by atoms with Crippen LogP contribution in [0.2, 0.25) is 0 Å². The van der Waals surface area contributed by atoms with Crippen LogP contribution in [0.15, 0.2) is 47.4 Å². The van der Waals surface area contributed by atoms with Crippen molar-refractivity contribution in [2.75, 3.05) is 52.1 Å². The molecule has 0 radical (unpaired) electrons. The highest BCUT2D eigenvalue weighted by molar-refractivity contribution is 7.99. The summed E-state index contributed by atoms with van der Waals surface area (Å²) >= 11 is 3.19. The molecular weight excluding hydrogens is 454 g/mol. The number of aromatic nitrogens is 1. The highest BCUT2D eigenvalue weighted by atomic mass is 35.5. The first kappa shape index (κ1) is 25.3. The van der Waals surface area contributed by atoms with Gasteiger partial charge < -0.3 is 14.4 Å². The molecule has 0 bridgehead atoms. The Bertz CT molecular complexity index is 980. The molecular formula is C22H28ClN3O3S2. The Kier molecular flexibility index (Phi) is 9.90. The van der Waals surface area contributed by atoms with E-state index in [1.54, 1.807) is 26.0 Å². The third-order valence-electron chi connectivity index (χ3n) is 4.53. The number of likely N-dealkylation sites (N-methyl/N-ethyl adjacent to an activating group) is 1. The Hall–Kier alpha value is -2.00. The Labute approximate surface area is 197 Å². The third kappa shape index (κ3) is 7.00. The molecule has 0 unspecified atom stereocenters. The summed E-state index contributed by atoms with van der Waals surface area (Å²) < 4.78 is 11.5. The molecule has 168 valence electrons. The summed E-state index contributed by atoms with van der Waals surface area (Å²) in [5.74, 6) is 2.42. The van der Waals surface area contributed by atoms with E-state index >= 15 is 0 Å². The largest absolute Gasteiger partial charge is 0.497 e. The van der Waals surface area contributed by atoms with Crippen molar-refractivity contribution in [1.29, 1.82) is 0 Å². The van der Waals surface area contributed by atoms with Gasteiger partial charge >= 0.3 is 0 Å². The first-order chi connectivity index (χ1) is 14.5. The fourth-order valence-corrected chi connectivity index (χ4v) is 4.70. The second kappa shape index (κ2) is 12.1. The number of anilines is 1. The van der Waals surface area contributed by atoms with E-state index in [1.165, 1.54) is 11.3 Å². The lowest BCUT2D eigenvalue weighted by Crippen LogP contribution is -2.36. The minimum Gasteiger partial charge on any atom is -0.497 e. The summed E-state index contributed by atoms with van der Waals surface area (Å²) in [6.07, 6.45) is 0.448. The molecule has 3 rings (SSSR count). The fraction of sp³-hybridized carbons (Fsp3) is 0.364. The van der Waals surface area contributed by atoms with E-state index in [4.69, 9.17) is 14.5 Å². The molecule has 1 amide bonds. The number of thioether (sulfide) groups is 1. The number of carbonyl (C=O) groups is 1. The van der Waals surface area contributed by atoms with Gasteiger partial charge in [-0.05, 0) is 56.6 Å². The molecule has 0 spiro atoms. The molecule has 1 aromatic heterocycles. The van der Waals surface area contributed by atoms with Gasteiger partial charge in [0.2, 0.25) is 5.91 Å². The molecule has 0 N–H and O–H groups in total. The number of rotatable bonds is 10. The second-order valence-corrected chi connectivity index (χ2v) is 9.13. The summed E-state index contributed by atoms with van der Waals surface area (Å²) in [5.41, 5.74) is 0.881. The van der Waals surface area contributed by atoms with E-state index in [1.807, 2.05) is 61.5 Å². The van der Waals surface area contributed by atoms with Crippen molar-refractivity contribution in [3.63, 3.8) is 0 Å². The molecule has 9 heteroatoms. The number of benzene rings is 2. The maximum Gasteiger partial charge on any atom is 0.229 e. The molecule has 0 saturated carbocycles. The van der Waals surface area contributed by atoms with Gasteiger partial charge in [-0.1, -0.05) is 11.3 Å². The number of ether oxygens (including phenoxy) is 2. The molecule has 0 saturated heterocycles. The minimum absolute atomic E-state index is 0. The van der Waals surface area contributed by atoms with E-state index in [9.17, 15) is 4.79 Å². The molecule has 0 atom stereocenters. The van der Waals surface area contributed by atoms with Crippen molar-refractivity contribution >= 4 is 56.8 Å². The van der Waals surface area contributed by atoms with Crippen molar-refractivity contribution in [3.8, 4) is 11.5 Å². The van der Waals surface area contributed by atoms with Gasteiger partial charge in [-0.25, -0.2) is 4.98 Å². The first-order valence-corrected chi connectivity index (χ1v) is 11.5. The van der Waals surface area contributed by atoms with Crippen LogP contribution in [-0.2, 0) is 4.79 Å². The van der Waals surface area contributed by atoms with Gasteiger partial charge in [0, 0.05) is 30.2 Å². The molecule has 0 aliphatic carbocycles. The zero-order valence-corrected chi connectivity index (χ0v) is 20.6. The maximum absolute atomic E-state index is 13.1. The number of amides is 1. The standard InChI is InChI=1S/C22H27N3O3S2.ClH/c1-24(2)12-13-25(22-23-19-10-7-17(28-4)15-20(19)30-22)21(26)11-14-29-18-8-5-16(27-3)6-9-18;/h5-10,15H,11-14H2,1-4H3;1H. The Morgan fingerprint density at radius 1 is 1.03 bits per heavy atom. The highest BCUT2D eigenvalue weighted by Gasteiger charge is 2.20. The third-order valence-corrected chi connectivity index (χ3v) is 6.59. The molecule has 0 fully saturated rings. The summed E-state index contributed by atoms with van der Waals surface area (Å²) in [4.78, 5) is 22.8. The smallest absolute Gasteiger partial charge is 0.229 e. The maximum atomic E-state index is 13.1. The molecule has 0 aliphatic rings. The lowest BCUT2D eigenvalue weighted by Gasteiger charge is -2.22. The Morgan fingerprint density at radius 2 is 1.71 bits per heavy atom. The number of carbonyl (C=O) groups excluding carboxylic acids is 1. The van der Waals surface area contributed by atoms with Crippen LogP contribution in [0.1, 0.15) is 6.42 Å². The van der Waals surface area contributed by atoms with Crippen molar-refractivity contribution < 1.29 is 14.3 Å². The van der Waals surface area contributed by atoms with Crippen LogP contribution in [0.5, 0.6) is 11.5 Å². The van der Waals surface area contributed by atoms with Gasteiger partial charge in [0.15, 0.2) is 5.13 Å². The Morgan fingerprint density at radius 3 is 2.35 bits per heavy atom. The van der Waals surface area contributed by atoms with E-state index in [0.29, 0.717) is 18.7 Å². The van der Waals surface area contributed by atoms with Gasteiger partial charge in [-0.15, -0.1) is 24.2 Å². The predicted molar refractivity (Wildman–Crippen MR) is 133 cm³/mol. The molecule has 2 aromatic carbocycles. The van der Waals surface area contributed by atoms with Gasteiger partial charge in [0.25, 0.3) is 0 Å². The second-order valence-electron chi connectivity index (χ2n) is 6.95. The van der Waals surface area contributed by atoms with E-state index in [2.05, 4.69) is 4.90 Å². The van der Waals surface area contributed by atoms with Crippen LogP contribution in [0.4, 0.5) is 5.13 Å². The van der Waals surface area contributed by atoms with E-state index in [-0.39, 0.29) is 18.3 Å². The van der Waals surface area contributed by atoms with Crippen LogP contribution in [0, 0.1) is 0 Å². The number of halogens is 1. The molecule has 0 aliphatic heterocycles. The topological polar surface area (TPSA) is 54.9 Å². The number of hydrogen-bond acceptors (Lipinski definition) is 7. The quantitative estimate of drug-likeness (QED) is 0.387. The summed E-state index contributed by atoms with van der Waals surface area (Å²) in [6, 6.07) is 13.7. The van der Waals surface area contributed by atoms with Crippen molar-refractivity contribution in [3.05, 3.63) is 42.5 Å². The van der Waals surface area contributed by atoms with Crippen LogP contribution in [0.3, 0.4) is 0 Å². The highest BCUT2D eigenvalue weighted by Crippen LogP contribution is 2.32. The number of hydrogen-bond donors (Lipinski definition) is 0. The van der Waals surface area contributed by atoms with Crippen LogP contribution in [-0.4, -0.2) is 62.9 Å². The van der Waals surface area contributed by atoms with E-state index in [0.717, 1.165) is 38.3 Å². The van der Waals surface area contributed by atoms with Gasteiger partial charge in [-0.2, -0.15) is 0 Å². The number of fused-ring (bicyclic) bond motifs is 1. The fourth-order valence-electron chi connectivity index (χ4n) is 2.83. The van der Waals surface area contributed by atoms with Crippen molar-refractivity contribution in [2.45, 2.75) is 11.3 Å². The van der Waals surface area contributed by atoms with Crippen LogP contribution < -0.4 is 14.4 Å². The van der Waals surface area contributed by atoms with Crippen LogP contribution >= 0.6 is 35.5 Å². The summed E-state index contributed by atoms with van der Waals surface area (Å²) in [7, 11) is 7.31. The van der Waals surface area contributed by atoms with Crippen LogP contribution in [0.25, 0.3) is 10.2 Å². The molecule has 6 nitrogen and oxygen atoms in total. The summed E-state index contributed by atoms with van der Waals surface area (Å²) in [6.45, 7) is 1.38. The average Bonchev–Trinajstić information content (AvgIpc) is 3.16. The van der Waals surface area contributed by atoms with Gasteiger partial charge in [0.1, 0.15) is 11.5 Å². The lowest BCUT2D eigenvalue weighted by atomic mass is 10.3. The van der Waals surface area contributed by atoms with Gasteiger partial charge in [0.05, 0.1) is 24.4 Å². The van der Waals surface area contributed by atoms with E-state index < -0.39 is 0 Å². The zero-order valence-electron chi connectivity index (χ0n) is 18.2. The monoisotopic (exact) mass is 481 g/mol. The predicted octanol–water partition coefficient (Wildman–Crippen LogP) is 4.81. The molecule has 3 aromatic rings. The average molecular weight is 482 g/mol. The SMILES string of the molecule is COc1ccc(SCCC(=O)N(CCN(C)C)c2nc3ccc(OC)cc3s2)cc1.Cl. The lowest BCUT2D eigenvalue weighted by molar-refractivity contribution is -0.118. The van der Waals surface area contributed by atoms with Crippen molar-refractivity contribution in [2.24, 2.45) is 0 Å². The Balaban J connectivity index is 0.00000341. The minimum atomic E-state index is 0. The first-order valence-electron chi connectivity index (χ1n) is 9.66. The number of thiazole rings is 1. The van der Waals surface area contributed by atoms with Gasteiger partial charge in [-0.3, -0.25) is 9.69 Å². The number of nitrogens with zero attached hydrogens (tertiary/aromatic N) is 3. The van der Waals surface area contributed by atoms with Crippen molar-refractivity contribution in [1.82, 2.24) is 9.88 Å². The molecule has 1 heterocycles. The normalized spacial score (nSPS) is 10.7. The summed E-state index contributed by atoms with van der Waals surface area (Å²) in [5, 5.41) is 0.736. The molecule has 31 heavy (non-hydrogen) atoms. The zero-order chi connectivity index (χ0) is 21.5. The number of methoxy groups -OCH3 is 2.